The summed E-state index contributed by atoms with van der Waals surface area (Å²) in [6.45, 7) is 5.74. The lowest BCUT2D eigenvalue weighted by atomic mass is 9.94. The van der Waals surface area contributed by atoms with Crippen LogP contribution in [0.15, 0.2) is 0 Å². The van der Waals surface area contributed by atoms with Crippen molar-refractivity contribution in [3.63, 3.8) is 0 Å². The molecule has 1 saturated heterocycles. The average Bonchev–Trinajstić information content (AvgIpc) is 2.10. The van der Waals surface area contributed by atoms with Gasteiger partial charge < -0.3 is 4.90 Å². The van der Waals surface area contributed by atoms with Crippen molar-refractivity contribution >= 4 is 0 Å². The molecule has 0 saturated carbocycles. The highest BCUT2D eigenvalue weighted by molar-refractivity contribution is 4.83. The highest BCUT2D eigenvalue weighted by atomic mass is 19.1. The molecule has 1 aliphatic rings. The van der Waals surface area contributed by atoms with Crippen LogP contribution >= 0.6 is 0 Å². The number of halogens is 1. The van der Waals surface area contributed by atoms with Gasteiger partial charge in [0.2, 0.25) is 0 Å². The van der Waals surface area contributed by atoms with Gasteiger partial charge in [0.05, 0.1) is 0 Å². The molecule has 1 rings (SSSR count). The maximum Gasteiger partial charge on any atom is 0.117 e. The van der Waals surface area contributed by atoms with E-state index in [2.05, 4.69) is 18.7 Å². The first-order valence-electron chi connectivity index (χ1n) is 3.94. The lowest BCUT2D eigenvalue weighted by Crippen LogP contribution is -2.19. The van der Waals surface area contributed by atoms with Crippen LogP contribution in [0.25, 0.3) is 0 Å². The summed E-state index contributed by atoms with van der Waals surface area (Å²) in [6, 6.07) is 0. The van der Waals surface area contributed by atoms with Crippen LogP contribution in [0.2, 0.25) is 0 Å². The van der Waals surface area contributed by atoms with Crippen LogP contribution in [0.5, 0.6) is 0 Å². The van der Waals surface area contributed by atoms with Crippen LogP contribution in [0.3, 0.4) is 0 Å². The first-order chi connectivity index (χ1) is 4.61. The molecule has 0 unspecified atom stereocenters. The molecule has 1 heterocycles. The monoisotopic (exact) mass is 145 g/mol. The first kappa shape index (κ1) is 7.99. The minimum Gasteiger partial charge on any atom is -0.303 e. The van der Waals surface area contributed by atoms with E-state index >= 15 is 0 Å². The molecule has 0 aromatic carbocycles. The minimum atomic E-state index is -0.593. The summed E-state index contributed by atoms with van der Waals surface area (Å²) < 4.78 is 13.0. The van der Waals surface area contributed by atoms with Crippen LogP contribution in [-0.4, -0.2) is 31.2 Å². The van der Waals surface area contributed by atoms with Crippen LogP contribution in [0, 0.1) is 11.8 Å². The van der Waals surface area contributed by atoms with Gasteiger partial charge in [0, 0.05) is 19.0 Å². The summed E-state index contributed by atoms with van der Waals surface area (Å²) in [7, 11) is 1.98. The molecule has 0 amide bonds. The molecule has 2 heteroatoms. The zero-order valence-corrected chi connectivity index (χ0v) is 6.97. The van der Waals surface area contributed by atoms with Crippen LogP contribution in [0.4, 0.5) is 4.39 Å². The van der Waals surface area contributed by atoms with Crippen molar-refractivity contribution < 1.29 is 4.39 Å². The number of rotatable bonds is 1. The standard InChI is InChI=1S/C8H16FN/c1-6(2)7-4-10(3)5-8(7)9/h6-8H,4-5H2,1-3H3/t7-,8+/m1/s1. The number of alkyl halides is 1. The molecule has 0 aromatic heterocycles. The van der Waals surface area contributed by atoms with Crippen molar-refractivity contribution in [1.82, 2.24) is 4.90 Å². The lowest BCUT2D eigenvalue weighted by Gasteiger charge is -2.15. The first-order valence-corrected chi connectivity index (χ1v) is 3.94. The normalized spacial score (nSPS) is 35.7. The minimum absolute atomic E-state index is 0.269. The van der Waals surface area contributed by atoms with Crippen molar-refractivity contribution in [2.24, 2.45) is 11.8 Å². The van der Waals surface area contributed by atoms with Gasteiger partial charge >= 0.3 is 0 Å². The molecular formula is C8H16FN. The van der Waals surface area contributed by atoms with Gasteiger partial charge in [-0.05, 0) is 13.0 Å². The molecule has 0 bridgehead atoms. The molecule has 0 radical (unpaired) electrons. The van der Waals surface area contributed by atoms with E-state index in [0.29, 0.717) is 12.5 Å². The molecule has 2 atom stereocenters. The smallest absolute Gasteiger partial charge is 0.117 e. The summed E-state index contributed by atoms with van der Waals surface area (Å²) >= 11 is 0. The average molecular weight is 145 g/mol. The zero-order chi connectivity index (χ0) is 7.72. The van der Waals surface area contributed by atoms with Crippen molar-refractivity contribution in [3.05, 3.63) is 0 Å². The SMILES string of the molecule is CC(C)[C@H]1CN(C)C[C@@H]1F. The molecule has 60 valence electrons. The van der Waals surface area contributed by atoms with Gasteiger partial charge in [0.15, 0.2) is 0 Å². The van der Waals surface area contributed by atoms with Crippen LogP contribution < -0.4 is 0 Å². The zero-order valence-electron chi connectivity index (χ0n) is 6.97. The second kappa shape index (κ2) is 2.87. The largest absolute Gasteiger partial charge is 0.303 e. The molecular weight excluding hydrogens is 129 g/mol. The van der Waals surface area contributed by atoms with Crippen LogP contribution in [0.1, 0.15) is 13.8 Å². The number of likely N-dealkylation sites (tertiary alicyclic amines) is 1. The lowest BCUT2D eigenvalue weighted by molar-refractivity contribution is 0.234. The number of nitrogens with zero attached hydrogens (tertiary/aromatic N) is 1. The third-order valence-corrected chi connectivity index (χ3v) is 2.33. The van der Waals surface area contributed by atoms with E-state index in [1.54, 1.807) is 0 Å². The van der Waals surface area contributed by atoms with Crippen molar-refractivity contribution in [2.75, 3.05) is 20.1 Å². The molecule has 0 aliphatic carbocycles. The Bertz CT molecular complexity index is 114. The molecule has 1 fully saturated rings. The number of hydrogen-bond donors (Lipinski definition) is 0. The Hall–Kier alpha value is -0.110. The van der Waals surface area contributed by atoms with E-state index < -0.39 is 6.17 Å². The Labute approximate surface area is 62.2 Å². The van der Waals surface area contributed by atoms with Crippen LogP contribution in [-0.2, 0) is 0 Å². The van der Waals surface area contributed by atoms with E-state index in [0.717, 1.165) is 6.54 Å². The van der Waals surface area contributed by atoms with Gasteiger partial charge in [-0.2, -0.15) is 0 Å². The summed E-state index contributed by atoms with van der Waals surface area (Å²) in [6.07, 6.45) is -0.593. The van der Waals surface area contributed by atoms with E-state index in [9.17, 15) is 4.39 Å². The topological polar surface area (TPSA) is 3.24 Å². The van der Waals surface area contributed by atoms with Gasteiger partial charge in [-0.1, -0.05) is 13.8 Å². The van der Waals surface area contributed by atoms with Gasteiger partial charge in [0.1, 0.15) is 6.17 Å². The Morgan fingerprint density at radius 3 is 2.20 bits per heavy atom. The second-order valence-electron chi connectivity index (χ2n) is 3.65. The van der Waals surface area contributed by atoms with E-state index in [1.807, 2.05) is 7.05 Å². The Balaban J connectivity index is 2.46. The third-order valence-electron chi connectivity index (χ3n) is 2.33. The van der Waals surface area contributed by atoms with Gasteiger partial charge in [0.25, 0.3) is 0 Å². The van der Waals surface area contributed by atoms with Crippen molar-refractivity contribution in [1.29, 1.82) is 0 Å². The summed E-state index contributed by atoms with van der Waals surface area (Å²) in [5.41, 5.74) is 0. The molecule has 1 nitrogen and oxygen atoms in total. The molecule has 0 N–H and O–H groups in total. The second-order valence-corrected chi connectivity index (χ2v) is 3.65. The quantitative estimate of drug-likeness (QED) is 0.541. The van der Waals surface area contributed by atoms with E-state index in [1.165, 1.54) is 0 Å². The highest BCUT2D eigenvalue weighted by Gasteiger charge is 2.32. The number of hydrogen-bond acceptors (Lipinski definition) is 1. The Kier molecular flexibility index (Phi) is 2.29. The predicted molar refractivity (Wildman–Crippen MR) is 40.7 cm³/mol. The fourth-order valence-electron chi connectivity index (χ4n) is 1.61. The van der Waals surface area contributed by atoms with Gasteiger partial charge in [-0.15, -0.1) is 0 Å². The maximum absolute atomic E-state index is 13.0. The van der Waals surface area contributed by atoms with E-state index in [-0.39, 0.29) is 5.92 Å². The molecule has 0 spiro atoms. The molecule has 10 heavy (non-hydrogen) atoms. The highest BCUT2D eigenvalue weighted by Crippen LogP contribution is 2.25. The third kappa shape index (κ3) is 1.48. The maximum atomic E-state index is 13.0. The Morgan fingerprint density at radius 1 is 1.40 bits per heavy atom. The summed E-state index contributed by atoms with van der Waals surface area (Å²) in [5.74, 6) is 0.755. The van der Waals surface area contributed by atoms with E-state index in [4.69, 9.17) is 0 Å². The molecule has 1 aliphatic heterocycles. The predicted octanol–water partition coefficient (Wildman–Crippen LogP) is 1.54. The van der Waals surface area contributed by atoms with Crippen molar-refractivity contribution in [3.8, 4) is 0 Å². The molecule has 0 aromatic rings. The summed E-state index contributed by atoms with van der Waals surface area (Å²) in [5, 5.41) is 0. The fourth-order valence-corrected chi connectivity index (χ4v) is 1.61. The van der Waals surface area contributed by atoms with Gasteiger partial charge in [-0.3, -0.25) is 0 Å². The fraction of sp³-hybridized carbons (Fsp3) is 1.00. The summed E-state index contributed by atoms with van der Waals surface area (Å²) in [4.78, 5) is 2.06. The van der Waals surface area contributed by atoms with Gasteiger partial charge in [-0.25, -0.2) is 4.39 Å². The van der Waals surface area contributed by atoms with Crippen molar-refractivity contribution in [2.45, 2.75) is 20.0 Å². The Morgan fingerprint density at radius 2 is 2.00 bits per heavy atom.